The van der Waals surface area contributed by atoms with Crippen LogP contribution < -0.4 is 10.1 Å². The maximum Gasteiger partial charge on any atom is 0.290 e. The number of hydrogen-bond donors (Lipinski definition) is 2. The van der Waals surface area contributed by atoms with E-state index in [9.17, 15) is 10.1 Å². The lowest BCUT2D eigenvalue weighted by Gasteiger charge is -2.11. The van der Waals surface area contributed by atoms with E-state index in [2.05, 4.69) is 10.3 Å². The molecule has 22 heavy (non-hydrogen) atoms. The average molecular weight is 303 g/mol. The summed E-state index contributed by atoms with van der Waals surface area (Å²) in [4.78, 5) is 14.4. The standard InChI is InChI=1S/C15H17N3O4/c1-10-8-15(16-9-13(10)18(20)21)17-12-3-4-14(11(2)7-12)22-6-5-19/h3-4,7-9,19H,5-6H2,1-2H3,(H,16,17). The number of benzene rings is 1. The van der Waals surface area contributed by atoms with Crippen molar-refractivity contribution in [3.05, 3.63) is 51.7 Å². The van der Waals surface area contributed by atoms with Crippen LogP contribution in [0.4, 0.5) is 17.2 Å². The largest absolute Gasteiger partial charge is 0.491 e. The van der Waals surface area contributed by atoms with Gasteiger partial charge in [-0.15, -0.1) is 0 Å². The molecule has 7 nitrogen and oxygen atoms in total. The van der Waals surface area contributed by atoms with Gasteiger partial charge in [0.1, 0.15) is 24.4 Å². The van der Waals surface area contributed by atoms with Crippen molar-refractivity contribution in [2.45, 2.75) is 13.8 Å². The average Bonchev–Trinajstić information content (AvgIpc) is 2.46. The van der Waals surface area contributed by atoms with Crippen LogP contribution in [-0.4, -0.2) is 28.2 Å². The van der Waals surface area contributed by atoms with Crippen LogP contribution in [0.3, 0.4) is 0 Å². The molecule has 0 fully saturated rings. The lowest BCUT2D eigenvalue weighted by atomic mass is 10.2. The molecular formula is C15H17N3O4. The van der Waals surface area contributed by atoms with Gasteiger partial charge in [-0.3, -0.25) is 10.1 Å². The molecular weight excluding hydrogens is 286 g/mol. The molecule has 7 heteroatoms. The number of nitrogens with one attached hydrogen (secondary N) is 1. The van der Waals surface area contributed by atoms with Crippen molar-refractivity contribution >= 4 is 17.2 Å². The van der Waals surface area contributed by atoms with E-state index in [4.69, 9.17) is 9.84 Å². The molecule has 0 aliphatic carbocycles. The molecule has 0 aliphatic rings. The van der Waals surface area contributed by atoms with Crippen molar-refractivity contribution in [3.8, 4) is 5.75 Å². The summed E-state index contributed by atoms with van der Waals surface area (Å²) in [5.41, 5.74) is 2.25. The Labute approximate surface area is 127 Å². The summed E-state index contributed by atoms with van der Waals surface area (Å²) in [7, 11) is 0. The Balaban J connectivity index is 2.15. The minimum absolute atomic E-state index is 0.00511. The van der Waals surface area contributed by atoms with Crippen molar-refractivity contribution in [1.82, 2.24) is 4.98 Å². The predicted octanol–water partition coefficient (Wildman–Crippen LogP) is 2.72. The maximum atomic E-state index is 10.8. The summed E-state index contributed by atoms with van der Waals surface area (Å²) in [6.07, 6.45) is 1.24. The second kappa shape index (κ2) is 6.86. The summed E-state index contributed by atoms with van der Waals surface area (Å²) in [6.45, 7) is 3.77. The molecule has 1 aromatic carbocycles. The number of anilines is 2. The molecule has 0 bridgehead atoms. The Morgan fingerprint density at radius 1 is 1.32 bits per heavy atom. The highest BCUT2D eigenvalue weighted by atomic mass is 16.6. The topological polar surface area (TPSA) is 97.5 Å². The Hall–Kier alpha value is -2.67. The highest BCUT2D eigenvalue weighted by Crippen LogP contribution is 2.25. The van der Waals surface area contributed by atoms with Crippen molar-refractivity contribution < 1.29 is 14.8 Å². The van der Waals surface area contributed by atoms with Gasteiger partial charge in [-0.2, -0.15) is 0 Å². The number of rotatable bonds is 6. The Kier molecular flexibility index (Phi) is 4.90. The van der Waals surface area contributed by atoms with Crippen LogP contribution in [0.5, 0.6) is 5.75 Å². The van der Waals surface area contributed by atoms with Crippen LogP contribution in [0.1, 0.15) is 11.1 Å². The minimum atomic E-state index is -0.455. The summed E-state index contributed by atoms with van der Waals surface area (Å²) < 4.78 is 5.38. The number of ether oxygens (including phenoxy) is 1. The van der Waals surface area contributed by atoms with Crippen molar-refractivity contribution in [2.24, 2.45) is 0 Å². The number of nitrogens with zero attached hydrogens (tertiary/aromatic N) is 2. The molecule has 2 rings (SSSR count). The van der Waals surface area contributed by atoms with E-state index in [1.165, 1.54) is 6.20 Å². The molecule has 0 saturated heterocycles. The smallest absolute Gasteiger partial charge is 0.290 e. The lowest BCUT2D eigenvalue weighted by Crippen LogP contribution is -2.03. The molecule has 0 atom stereocenters. The second-order valence-electron chi connectivity index (χ2n) is 4.79. The molecule has 0 unspecified atom stereocenters. The summed E-state index contributed by atoms with van der Waals surface area (Å²) in [6, 6.07) is 7.12. The molecule has 2 N–H and O–H groups in total. The van der Waals surface area contributed by atoms with Crippen LogP contribution in [0, 0.1) is 24.0 Å². The van der Waals surface area contributed by atoms with E-state index in [1.54, 1.807) is 19.1 Å². The van der Waals surface area contributed by atoms with Gasteiger partial charge >= 0.3 is 0 Å². The van der Waals surface area contributed by atoms with Gasteiger partial charge < -0.3 is 15.2 Å². The highest BCUT2D eigenvalue weighted by molar-refractivity contribution is 5.60. The van der Waals surface area contributed by atoms with Crippen LogP contribution in [-0.2, 0) is 0 Å². The Morgan fingerprint density at radius 3 is 2.68 bits per heavy atom. The predicted molar refractivity (Wildman–Crippen MR) is 82.7 cm³/mol. The fraction of sp³-hybridized carbons (Fsp3) is 0.267. The van der Waals surface area contributed by atoms with Crippen LogP contribution in [0.25, 0.3) is 0 Å². The molecule has 0 radical (unpaired) electrons. The Bertz CT molecular complexity index is 688. The fourth-order valence-corrected chi connectivity index (χ4v) is 2.00. The zero-order chi connectivity index (χ0) is 16.1. The van der Waals surface area contributed by atoms with E-state index in [0.717, 1.165) is 11.3 Å². The zero-order valence-corrected chi connectivity index (χ0v) is 12.4. The first-order valence-electron chi connectivity index (χ1n) is 6.73. The van der Waals surface area contributed by atoms with Gasteiger partial charge in [0.2, 0.25) is 0 Å². The third-order valence-electron chi connectivity index (χ3n) is 3.08. The van der Waals surface area contributed by atoms with Crippen molar-refractivity contribution in [3.63, 3.8) is 0 Å². The first kappa shape index (κ1) is 15.7. The van der Waals surface area contributed by atoms with Crippen LogP contribution in [0.15, 0.2) is 30.5 Å². The SMILES string of the molecule is Cc1cc(Nc2cc(C)c([N+](=O)[O-])cn2)ccc1OCCO. The highest BCUT2D eigenvalue weighted by Gasteiger charge is 2.11. The van der Waals surface area contributed by atoms with Gasteiger partial charge in [-0.25, -0.2) is 4.98 Å². The number of aromatic nitrogens is 1. The van der Waals surface area contributed by atoms with E-state index < -0.39 is 4.92 Å². The monoisotopic (exact) mass is 303 g/mol. The summed E-state index contributed by atoms with van der Waals surface area (Å²) >= 11 is 0. The minimum Gasteiger partial charge on any atom is -0.491 e. The van der Waals surface area contributed by atoms with Gasteiger partial charge in [0.15, 0.2) is 0 Å². The van der Waals surface area contributed by atoms with Gasteiger partial charge in [0.25, 0.3) is 5.69 Å². The number of aliphatic hydroxyl groups is 1. The second-order valence-corrected chi connectivity index (χ2v) is 4.79. The first-order valence-corrected chi connectivity index (χ1v) is 6.73. The molecule has 0 amide bonds. The lowest BCUT2D eigenvalue weighted by molar-refractivity contribution is -0.385. The number of aliphatic hydroxyl groups excluding tert-OH is 1. The number of aryl methyl sites for hydroxylation is 2. The van der Waals surface area contributed by atoms with Gasteiger partial charge in [-0.1, -0.05) is 0 Å². The molecule has 0 saturated carbocycles. The maximum absolute atomic E-state index is 10.8. The van der Waals surface area contributed by atoms with Gasteiger partial charge in [0, 0.05) is 11.3 Å². The molecule has 116 valence electrons. The molecule has 2 aromatic rings. The quantitative estimate of drug-likeness (QED) is 0.629. The van der Waals surface area contributed by atoms with E-state index in [1.807, 2.05) is 19.1 Å². The van der Waals surface area contributed by atoms with Crippen LogP contribution >= 0.6 is 0 Å². The molecule has 1 heterocycles. The first-order chi connectivity index (χ1) is 10.5. The molecule has 1 aromatic heterocycles. The van der Waals surface area contributed by atoms with Gasteiger partial charge in [0.05, 0.1) is 11.5 Å². The van der Waals surface area contributed by atoms with Crippen molar-refractivity contribution in [1.29, 1.82) is 0 Å². The third-order valence-corrected chi connectivity index (χ3v) is 3.08. The van der Waals surface area contributed by atoms with Crippen LogP contribution in [0.2, 0.25) is 0 Å². The number of nitro groups is 1. The number of pyridine rings is 1. The van der Waals surface area contributed by atoms with Crippen molar-refractivity contribution in [2.75, 3.05) is 18.5 Å². The molecule has 0 aliphatic heterocycles. The zero-order valence-electron chi connectivity index (χ0n) is 12.4. The number of hydrogen-bond acceptors (Lipinski definition) is 6. The van der Waals surface area contributed by atoms with E-state index in [0.29, 0.717) is 17.1 Å². The van der Waals surface area contributed by atoms with E-state index in [-0.39, 0.29) is 18.9 Å². The molecule has 0 spiro atoms. The Morgan fingerprint density at radius 2 is 2.09 bits per heavy atom. The third kappa shape index (κ3) is 3.70. The van der Waals surface area contributed by atoms with E-state index >= 15 is 0 Å². The summed E-state index contributed by atoms with van der Waals surface area (Å²) in [5.74, 6) is 1.24. The normalized spacial score (nSPS) is 10.3. The van der Waals surface area contributed by atoms with Gasteiger partial charge in [-0.05, 0) is 43.7 Å². The fourth-order valence-electron chi connectivity index (χ4n) is 2.00. The summed E-state index contributed by atoms with van der Waals surface area (Å²) in [5, 5.41) is 22.6.